The Kier molecular flexibility index (Phi) is 10.1. The number of nitrogens with two attached hydrogens (primary N) is 1. The van der Waals surface area contributed by atoms with Gasteiger partial charge in [-0.05, 0) is 57.1 Å². The fourth-order valence-corrected chi connectivity index (χ4v) is 6.79. The lowest BCUT2D eigenvalue weighted by Crippen LogP contribution is -2.63. The average Bonchev–Trinajstić information content (AvgIpc) is 3.36. The molecule has 2 unspecified atom stereocenters. The lowest BCUT2D eigenvalue weighted by molar-refractivity contribution is -0.145. The molecule has 1 aliphatic carbocycles. The molecule has 1 saturated heterocycles. The number of hydrogen-bond donors (Lipinski definition) is 4. The first kappa shape index (κ1) is 30.6. The zero-order valence-corrected chi connectivity index (χ0v) is 23.8. The van der Waals surface area contributed by atoms with E-state index in [1.807, 2.05) is 20.8 Å². The number of nitrogens with zero attached hydrogens (tertiary/aromatic N) is 1. The number of rotatable bonds is 11. The minimum Gasteiger partial charge on any atom is -0.368 e. The summed E-state index contributed by atoms with van der Waals surface area (Å²) >= 11 is 0. The van der Waals surface area contributed by atoms with Gasteiger partial charge < -0.3 is 21.3 Å². The van der Waals surface area contributed by atoms with Crippen LogP contribution in [0.4, 0.5) is 0 Å². The van der Waals surface area contributed by atoms with Crippen molar-refractivity contribution in [2.45, 2.75) is 94.7 Å². The Morgan fingerprint density at radius 3 is 2.28 bits per heavy atom. The summed E-state index contributed by atoms with van der Waals surface area (Å²) in [4.78, 5) is 52.8. The van der Waals surface area contributed by atoms with Gasteiger partial charge in [0.15, 0.2) is 0 Å². The summed E-state index contributed by atoms with van der Waals surface area (Å²) in [6.07, 6.45) is 4.25. The van der Waals surface area contributed by atoms with Gasteiger partial charge in [-0.25, -0.2) is 8.42 Å². The number of hydrogen-bond acceptors (Lipinski definition) is 6. The van der Waals surface area contributed by atoms with Crippen molar-refractivity contribution in [3.8, 4) is 0 Å². The molecular formula is C27H41N5O6S. The second-order valence-corrected chi connectivity index (χ2v) is 12.8. The number of primary amides is 1. The number of sulfonamides is 1. The van der Waals surface area contributed by atoms with Crippen LogP contribution < -0.4 is 21.1 Å². The third-order valence-corrected chi connectivity index (χ3v) is 8.92. The second-order valence-electron chi connectivity index (χ2n) is 11.1. The van der Waals surface area contributed by atoms with E-state index in [9.17, 15) is 27.6 Å². The molecule has 1 aromatic carbocycles. The smallest absolute Gasteiger partial charge is 0.244 e. The van der Waals surface area contributed by atoms with Crippen LogP contribution in [-0.2, 0) is 29.2 Å². The molecule has 2 fully saturated rings. The lowest BCUT2D eigenvalue weighted by atomic mass is 9.81. The molecular weight excluding hydrogens is 522 g/mol. The number of benzene rings is 1. The molecule has 3 rings (SSSR count). The third kappa shape index (κ3) is 7.78. The first-order valence-electron chi connectivity index (χ1n) is 13.6. The highest BCUT2D eigenvalue weighted by molar-refractivity contribution is 7.89. The Morgan fingerprint density at radius 1 is 1.05 bits per heavy atom. The summed E-state index contributed by atoms with van der Waals surface area (Å²) in [7, 11) is -3.99. The molecule has 0 spiro atoms. The molecule has 12 heteroatoms. The molecule has 1 saturated carbocycles. The van der Waals surface area contributed by atoms with Crippen molar-refractivity contribution in [3.63, 3.8) is 0 Å². The number of carbonyl (C=O) groups excluding carboxylic acids is 4. The van der Waals surface area contributed by atoms with Crippen LogP contribution >= 0.6 is 0 Å². The Bertz CT molecular complexity index is 1160. The molecule has 39 heavy (non-hydrogen) atoms. The summed E-state index contributed by atoms with van der Waals surface area (Å²) in [5, 5.41) is 5.19. The van der Waals surface area contributed by atoms with Crippen molar-refractivity contribution < 1.29 is 27.6 Å². The SMILES string of the molecule is Cc1ccc(S(=O)(=O)NC2(C(=O)N3CCCC3C(=O)NC(CC(C)C)C(=O)NCC(N)=O)CCCCC2)cc1. The van der Waals surface area contributed by atoms with E-state index in [1.54, 1.807) is 12.1 Å². The summed E-state index contributed by atoms with van der Waals surface area (Å²) < 4.78 is 29.4. The standard InChI is InChI=1S/C27H41N5O6S/c1-18(2)16-21(24(34)29-17-23(28)33)30-25(35)22-8-7-15-32(22)26(36)27(13-5-4-6-14-27)31-39(37,38)20-11-9-19(3)10-12-20/h9-12,18,21-22,31H,4-8,13-17H2,1-3H3,(H2,28,33)(H,29,34)(H,30,35). The van der Waals surface area contributed by atoms with Crippen molar-refractivity contribution in [3.05, 3.63) is 29.8 Å². The molecule has 4 amide bonds. The lowest BCUT2D eigenvalue weighted by Gasteiger charge is -2.40. The van der Waals surface area contributed by atoms with E-state index in [0.717, 1.165) is 12.0 Å². The van der Waals surface area contributed by atoms with E-state index < -0.39 is 51.3 Å². The predicted octanol–water partition coefficient (Wildman–Crippen LogP) is 1.10. The minimum absolute atomic E-state index is 0.0672. The highest BCUT2D eigenvalue weighted by atomic mass is 32.2. The molecule has 1 aliphatic heterocycles. The van der Waals surface area contributed by atoms with E-state index >= 15 is 0 Å². The Morgan fingerprint density at radius 2 is 1.69 bits per heavy atom. The second kappa shape index (κ2) is 12.9. The zero-order valence-electron chi connectivity index (χ0n) is 23.0. The molecule has 0 aromatic heterocycles. The van der Waals surface area contributed by atoms with Gasteiger partial charge in [0.1, 0.15) is 17.6 Å². The van der Waals surface area contributed by atoms with Crippen LogP contribution in [0.3, 0.4) is 0 Å². The zero-order chi connectivity index (χ0) is 28.8. The fraction of sp³-hybridized carbons (Fsp3) is 0.630. The monoisotopic (exact) mass is 563 g/mol. The maximum Gasteiger partial charge on any atom is 0.244 e. The van der Waals surface area contributed by atoms with Crippen LogP contribution in [0.25, 0.3) is 0 Å². The summed E-state index contributed by atoms with van der Waals surface area (Å²) in [6, 6.07) is 4.71. The van der Waals surface area contributed by atoms with E-state index in [0.29, 0.717) is 51.5 Å². The van der Waals surface area contributed by atoms with Crippen LogP contribution in [0.15, 0.2) is 29.2 Å². The van der Waals surface area contributed by atoms with Crippen LogP contribution in [0.5, 0.6) is 0 Å². The van der Waals surface area contributed by atoms with E-state index in [-0.39, 0.29) is 17.4 Å². The van der Waals surface area contributed by atoms with Gasteiger partial charge in [-0.3, -0.25) is 19.2 Å². The number of nitrogens with one attached hydrogen (secondary N) is 3. The van der Waals surface area contributed by atoms with E-state index in [2.05, 4.69) is 15.4 Å². The largest absolute Gasteiger partial charge is 0.368 e. The number of carbonyl (C=O) groups is 4. The van der Waals surface area contributed by atoms with Crippen LogP contribution in [0.2, 0.25) is 0 Å². The number of aryl methyl sites for hydroxylation is 1. The van der Waals surface area contributed by atoms with Gasteiger partial charge in [-0.1, -0.05) is 50.8 Å². The molecule has 0 bridgehead atoms. The summed E-state index contributed by atoms with van der Waals surface area (Å²) in [5.74, 6) is -2.04. The molecule has 5 N–H and O–H groups in total. The first-order valence-corrected chi connectivity index (χ1v) is 15.1. The van der Waals surface area contributed by atoms with Gasteiger partial charge in [-0.2, -0.15) is 4.72 Å². The predicted molar refractivity (Wildman–Crippen MR) is 146 cm³/mol. The maximum absolute atomic E-state index is 14.1. The van der Waals surface area contributed by atoms with Gasteiger partial charge in [0.2, 0.25) is 33.7 Å². The molecule has 0 radical (unpaired) electrons. The quantitative estimate of drug-likeness (QED) is 0.314. The van der Waals surface area contributed by atoms with E-state index in [1.165, 1.54) is 17.0 Å². The summed E-state index contributed by atoms with van der Waals surface area (Å²) in [5.41, 5.74) is 4.70. The minimum atomic E-state index is -3.99. The van der Waals surface area contributed by atoms with Gasteiger partial charge >= 0.3 is 0 Å². The third-order valence-electron chi connectivity index (χ3n) is 7.37. The van der Waals surface area contributed by atoms with Crippen LogP contribution in [-0.4, -0.2) is 67.7 Å². The van der Waals surface area contributed by atoms with Gasteiger partial charge in [0.25, 0.3) is 0 Å². The molecule has 1 heterocycles. The van der Waals surface area contributed by atoms with Crippen molar-refractivity contribution in [2.75, 3.05) is 13.1 Å². The van der Waals surface area contributed by atoms with Crippen molar-refractivity contribution in [2.24, 2.45) is 11.7 Å². The van der Waals surface area contributed by atoms with Gasteiger partial charge in [-0.15, -0.1) is 0 Å². The Hall–Kier alpha value is -2.99. The molecule has 2 aliphatic rings. The Balaban J connectivity index is 1.81. The number of likely N-dealkylation sites (tertiary alicyclic amines) is 1. The normalized spacial score (nSPS) is 19.9. The van der Waals surface area contributed by atoms with Gasteiger partial charge in [0, 0.05) is 6.54 Å². The Labute approximate surface area is 230 Å². The van der Waals surface area contributed by atoms with Crippen molar-refractivity contribution >= 4 is 33.7 Å². The maximum atomic E-state index is 14.1. The highest BCUT2D eigenvalue weighted by Crippen LogP contribution is 2.34. The highest BCUT2D eigenvalue weighted by Gasteiger charge is 2.49. The average molecular weight is 564 g/mol. The summed E-state index contributed by atoms with van der Waals surface area (Å²) in [6.45, 7) is 5.63. The van der Waals surface area contributed by atoms with Crippen molar-refractivity contribution in [1.29, 1.82) is 0 Å². The fourth-order valence-electron chi connectivity index (χ4n) is 5.37. The van der Waals surface area contributed by atoms with Gasteiger partial charge in [0.05, 0.1) is 11.4 Å². The van der Waals surface area contributed by atoms with E-state index in [4.69, 9.17) is 5.73 Å². The number of amides is 4. The van der Waals surface area contributed by atoms with Crippen LogP contribution in [0, 0.1) is 12.8 Å². The molecule has 1 aromatic rings. The first-order chi connectivity index (χ1) is 18.3. The molecule has 11 nitrogen and oxygen atoms in total. The van der Waals surface area contributed by atoms with Crippen LogP contribution in [0.1, 0.15) is 70.8 Å². The van der Waals surface area contributed by atoms with Crippen molar-refractivity contribution in [1.82, 2.24) is 20.3 Å². The molecule has 216 valence electrons. The topological polar surface area (TPSA) is 168 Å². The molecule has 2 atom stereocenters.